The third kappa shape index (κ3) is 5.29. The molecular formula is C30H37FN8O3S. The zero-order valence-corrected chi connectivity index (χ0v) is 25.4. The summed E-state index contributed by atoms with van der Waals surface area (Å²) < 4.78 is 39.7. The minimum Gasteiger partial charge on any atom is -0.390 e. The van der Waals surface area contributed by atoms with Crippen LogP contribution in [0.15, 0.2) is 43.0 Å². The molecule has 228 valence electrons. The molecule has 2 saturated heterocycles. The largest absolute Gasteiger partial charge is 0.390 e. The van der Waals surface area contributed by atoms with E-state index in [-0.39, 0.29) is 30.2 Å². The molecule has 3 aliphatic rings. The molecular weight excluding hydrogens is 571 g/mol. The zero-order chi connectivity index (χ0) is 30.7. The van der Waals surface area contributed by atoms with Gasteiger partial charge in [-0.15, -0.1) is 6.58 Å². The third-order valence-corrected chi connectivity index (χ3v) is 10.0. The van der Waals surface area contributed by atoms with Crippen molar-refractivity contribution in [2.24, 2.45) is 5.92 Å². The lowest BCUT2D eigenvalue weighted by molar-refractivity contribution is -0.0445. The van der Waals surface area contributed by atoms with Crippen LogP contribution in [0.1, 0.15) is 44.0 Å². The summed E-state index contributed by atoms with van der Waals surface area (Å²) in [5.74, 6) is 0.211. The van der Waals surface area contributed by atoms with Gasteiger partial charge in [-0.25, -0.2) is 27.8 Å². The highest BCUT2D eigenvalue weighted by atomic mass is 32.2. The Hall–Kier alpha value is -3.84. The minimum atomic E-state index is -3.04. The van der Waals surface area contributed by atoms with E-state index in [1.54, 1.807) is 24.7 Å². The maximum atomic E-state index is 16.2. The molecule has 6 heterocycles. The van der Waals surface area contributed by atoms with Crippen molar-refractivity contribution in [3.8, 4) is 0 Å². The molecule has 5 atom stereocenters. The number of alkyl halides is 1. The van der Waals surface area contributed by atoms with Crippen LogP contribution in [0, 0.1) is 5.92 Å². The van der Waals surface area contributed by atoms with Gasteiger partial charge in [0.05, 0.1) is 47.4 Å². The Morgan fingerprint density at radius 3 is 2.84 bits per heavy atom. The van der Waals surface area contributed by atoms with Crippen LogP contribution in [0.2, 0.25) is 0 Å². The number of hydrogen-bond acceptors (Lipinski definition) is 11. The molecule has 2 bridgehead atoms. The maximum Gasteiger partial charge on any atom is 0.220 e. The molecule has 0 spiro atoms. The third-order valence-electron chi connectivity index (χ3n) is 8.97. The molecule has 0 saturated carbocycles. The number of aromatic nitrogens is 4. The molecule has 0 aliphatic carbocycles. The number of rotatable bonds is 8. The van der Waals surface area contributed by atoms with E-state index < -0.39 is 27.5 Å². The number of nitrogens with zero attached hydrogens (tertiary/aromatic N) is 6. The van der Waals surface area contributed by atoms with Crippen LogP contribution in [-0.4, -0.2) is 82.9 Å². The molecule has 0 radical (unpaired) electrons. The first kappa shape index (κ1) is 29.2. The Kier molecular flexibility index (Phi) is 7.28. The fraction of sp³-hybridized carbons (Fsp3) is 0.467. The van der Waals surface area contributed by atoms with E-state index in [0.29, 0.717) is 43.1 Å². The van der Waals surface area contributed by atoms with Crippen molar-refractivity contribution >= 4 is 49.8 Å². The van der Waals surface area contributed by atoms with Gasteiger partial charge in [0.25, 0.3) is 0 Å². The number of fused-ring (bicyclic) bond motifs is 5. The Bertz CT molecular complexity index is 1730. The van der Waals surface area contributed by atoms with Crippen molar-refractivity contribution in [1.82, 2.24) is 19.9 Å². The molecule has 13 heteroatoms. The molecule has 4 N–H and O–H groups in total. The number of halogens is 1. The highest BCUT2D eigenvalue weighted by Gasteiger charge is 2.55. The van der Waals surface area contributed by atoms with Gasteiger partial charge in [0, 0.05) is 66.1 Å². The summed E-state index contributed by atoms with van der Waals surface area (Å²) in [4.78, 5) is 22.1. The topological polar surface area (TPSA) is 150 Å². The van der Waals surface area contributed by atoms with Crippen molar-refractivity contribution in [1.29, 1.82) is 0 Å². The summed E-state index contributed by atoms with van der Waals surface area (Å²) in [5.41, 5.74) is 7.71. The summed E-state index contributed by atoms with van der Waals surface area (Å²) in [6.07, 6.45) is 9.67. The molecule has 11 nitrogen and oxygen atoms in total. The zero-order valence-electron chi connectivity index (χ0n) is 24.5. The first-order valence-corrected chi connectivity index (χ1v) is 16.5. The highest BCUT2D eigenvalue weighted by Crippen LogP contribution is 2.50. The number of anilines is 4. The van der Waals surface area contributed by atoms with E-state index in [2.05, 4.69) is 36.7 Å². The number of nitrogen functional groups attached to an aromatic ring is 1. The SMILES string of the molecule is C=CCC1c2nc(N)nc(/C=C(/C)Nc3cc4cncc(N5C[C@H](CS(C)(=O)=O)[C@H]5C)c4cn3)c2N2CCC(O)C1(F)C2. The van der Waals surface area contributed by atoms with Crippen LogP contribution >= 0.6 is 0 Å². The average Bonchev–Trinajstić information content (AvgIpc) is 2.93. The van der Waals surface area contributed by atoms with Crippen LogP contribution < -0.4 is 20.9 Å². The van der Waals surface area contributed by atoms with Gasteiger partial charge >= 0.3 is 0 Å². The lowest BCUT2D eigenvalue weighted by Gasteiger charge is -2.50. The molecule has 43 heavy (non-hydrogen) atoms. The average molecular weight is 609 g/mol. The van der Waals surface area contributed by atoms with E-state index in [1.807, 2.05) is 30.9 Å². The number of aliphatic hydroxyl groups excluding tert-OH is 1. The van der Waals surface area contributed by atoms with Crippen LogP contribution in [0.25, 0.3) is 16.8 Å². The Morgan fingerprint density at radius 2 is 2.12 bits per heavy atom. The molecule has 3 aliphatic heterocycles. The van der Waals surface area contributed by atoms with Crippen molar-refractivity contribution in [3.05, 3.63) is 54.4 Å². The molecule has 0 aromatic carbocycles. The second kappa shape index (κ2) is 10.7. The molecule has 3 aromatic rings. The van der Waals surface area contributed by atoms with Crippen LogP contribution in [0.3, 0.4) is 0 Å². The van der Waals surface area contributed by atoms with E-state index in [4.69, 9.17) is 5.73 Å². The van der Waals surface area contributed by atoms with Gasteiger partial charge in [-0.1, -0.05) is 6.08 Å². The summed E-state index contributed by atoms with van der Waals surface area (Å²) in [6, 6.07) is 1.99. The first-order valence-electron chi connectivity index (χ1n) is 14.4. The van der Waals surface area contributed by atoms with Crippen LogP contribution in [-0.2, 0) is 9.84 Å². The van der Waals surface area contributed by atoms with Crippen molar-refractivity contribution in [3.63, 3.8) is 0 Å². The standard InChI is InChI=1S/C30H37FN8O3S/c1-5-6-22-27-28(38-8-7-25(40)30(22,31)16-38)23(36-29(32)37-27)9-17(2)35-26-10-19-11-33-13-24(21(19)12-34-26)39-14-20(18(39)3)15-43(4,41)42/h5,9-13,18,20,22,25,40H,1,6-8,14-16H2,2-4H3,(H,34,35)(H2,32,36,37)/b17-9-/t18-,20-,22?,25?,30?/m1/s1. The number of allylic oxidation sites excluding steroid dienone is 2. The summed E-state index contributed by atoms with van der Waals surface area (Å²) >= 11 is 0. The summed E-state index contributed by atoms with van der Waals surface area (Å²) in [5, 5.41) is 15.7. The Balaban J connectivity index is 1.28. The second-order valence-corrected chi connectivity index (χ2v) is 14.3. The Morgan fingerprint density at radius 1 is 1.33 bits per heavy atom. The number of aliphatic hydroxyl groups is 1. The number of nitrogens with two attached hydrogens (primary N) is 1. The minimum absolute atomic E-state index is 0.0348. The summed E-state index contributed by atoms with van der Waals surface area (Å²) in [7, 11) is -3.04. The van der Waals surface area contributed by atoms with Crippen LogP contribution in [0.5, 0.6) is 0 Å². The lowest BCUT2D eigenvalue weighted by atomic mass is 9.73. The second-order valence-electron chi connectivity index (χ2n) is 12.1. The van der Waals surface area contributed by atoms with Gasteiger partial charge in [0.2, 0.25) is 5.95 Å². The van der Waals surface area contributed by atoms with Gasteiger partial charge in [-0.3, -0.25) is 4.98 Å². The maximum absolute atomic E-state index is 16.2. The van der Waals surface area contributed by atoms with Crippen molar-refractivity contribution in [2.45, 2.75) is 50.4 Å². The molecule has 3 unspecified atom stereocenters. The number of nitrogens with one attached hydrogen (secondary N) is 1. The fourth-order valence-electron chi connectivity index (χ4n) is 6.78. The summed E-state index contributed by atoms with van der Waals surface area (Å²) in [6.45, 7) is 8.90. The predicted octanol–water partition coefficient (Wildman–Crippen LogP) is 3.30. The van der Waals surface area contributed by atoms with Gasteiger partial charge in [-0.2, -0.15) is 0 Å². The van der Waals surface area contributed by atoms with E-state index in [9.17, 15) is 13.5 Å². The number of piperidine rings is 1. The number of sulfone groups is 1. The predicted molar refractivity (Wildman–Crippen MR) is 167 cm³/mol. The molecule has 0 amide bonds. The van der Waals surface area contributed by atoms with Crippen LogP contribution in [0.4, 0.5) is 27.5 Å². The smallest absolute Gasteiger partial charge is 0.220 e. The number of pyridine rings is 2. The molecule has 3 aromatic heterocycles. The Labute approximate surface area is 250 Å². The van der Waals surface area contributed by atoms with Crippen molar-refractivity contribution in [2.75, 3.05) is 52.5 Å². The fourth-order valence-corrected chi connectivity index (χ4v) is 7.94. The van der Waals surface area contributed by atoms with Gasteiger partial charge < -0.3 is 26.0 Å². The normalized spacial score (nSPS) is 27.0. The quantitative estimate of drug-likeness (QED) is 0.323. The van der Waals surface area contributed by atoms with Gasteiger partial charge in [0.1, 0.15) is 15.7 Å². The van der Waals surface area contributed by atoms with E-state index >= 15 is 4.39 Å². The van der Waals surface area contributed by atoms with E-state index in [1.165, 1.54) is 6.26 Å². The first-order chi connectivity index (χ1) is 20.4. The highest BCUT2D eigenvalue weighted by molar-refractivity contribution is 7.90. The van der Waals surface area contributed by atoms with Crippen molar-refractivity contribution < 1.29 is 17.9 Å². The van der Waals surface area contributed by atoms with Gasteiger partial charge in [-0.05, 0) is 38.8 Å². The molecule has 6 rings (SSSR count). The molecule has 2 fully saturated rings. The van der Waals surface area contributed by atoms with E-state index in [0.717, 1.165) is 27.8 Å². The number of hydrogen-bond donors (Lipinski definition) is 3. The van der Waals surface area contributed by atoms with Gasteiger partial charge in [0.15, 0.2) is 5.67 Å². The monoisotopic (exact) mass is 608 g/mol. The lowest BCUT2D eigenvalue weighted by Crippen LogP contribution is -2.60.